The van der Waals surface area contributed by atoms with Crippen LogP contribution in [0.15, 0.2) is 33.7 Å². The number of nitrogens with one attached hydrogen (secondary N) is 2. The van der Waals surface area contributed by atoms with Crippen molar-refractivity contribution >= 4 is 51.8 Å². The second-order valence-corrected chi connectivity index (χ2v) is 7.65. The summed E-state index contributed by atoms with van der Waals surface area (Å²) in [4.78, 5) is 17.8. The van der Waals surface area contributed by atoms with Gasteiger partial charge in [-0.2, -0.15) is 0 Å². The Balaban J connectivity index is 0.00000364. The maximum atomic E-state index is 11.8. The summed E-state index contributed by atoms with van der Waals surface area (Å²) in [6.07, 6.45) is 1.91. The summed E-state index contributed by atoms with van der Waals surface area (Å²) in [5.41, 5.74) is 1.30. The van der Waals surface area contributed by atoms with Gasteiger partial charge in [0.15, 0.2) is 5.96 Å². The molecule has 1 aliphatic heterocycles. The first-order valence-electron chi connectivity index (χ1n) is 9.03. The average molecular weight is 553 g/mol. The van der Waals surface area contributed by atoms with Crippen LogP contribution in [-0.4, -0.2) is 63.7 Å². The van der Waals surface area contributed by atoms with Crippen molar-refractivity contribution in [3.8, 4) is 0 Å². The predicted octanol–water partition coefficient (Wildman–Crippen LogP) is 2.76. The first-order chi connectivity index (χ1) is 12.5. The summed E-state index contributed by atoms with van der Waals surface area (Å²) in [7, 11) is 3.48. The molecular weight excluding hydrogens is 523 g/mol. The molecule has 0 aliphatic carbocycles. The van der Waals surface area contributed by atoms with E-state index in [0.29, 0.717) is 5.96 Å². The largest absolute Gasteiger partial charge is 0.381 e. The molecule has 1 aliphatic rings. The quantitative estimate of drug-likeness (QED) is 0.323. The van der Waals surface area contributed by atoms with Crippen LogP contribution in [0, 0.1) is 0 Å². The van der Waals surface area contributed by atoms with Crippen molar-refractivity contribution in [3.05, 3.63) is 34.3 Å². The van der Waals surface area contributed by atoms with Gasteiger partial charge >= 0.3 is 0 Å². The lowest BCUT2D eigenvalue weighted by molar-refractivity contribution is -0.127. The molecule has 1 aromatic carbocycles. The topological polar surface area (TPSA) is 66.0 Å². The molecule has 8 heteroatoms. The first kappa shape index (κ1) is 24.2. The fourth-order valence-corrected chi connectivity index (χ4v) is 3.28. The van der Waals surface area contributed by atoms with Gasteiger partial charge in [-0.15, -0.1) is 24.0 Å². The number of rotatable bonds is 6. The van der Waals surface area contributed by atoms with E-state index in [4.69, 9.17) is 4.74 Å². The zero-order valence-corrected chi connectivity index (χ0v) is 20.2. The van der Waals surface area contributed by atoms with Gasteiger partial charge in [-0.05, 0) is 37.5 Å². The minimum Gasteiger partial charge on any atom is -0.381 e. The monoisotopic (exact) mass is 552 g/mol. The average Bonchev–Trinajstić information content (AvgIpc) is 2.65. The van der Waals surface area contributed by atoms with E-state index in [1.807, 2.05) is 6.92 Å². The van der Waals surface area contributed by atoms with Crippen LogP contribution in [0.3, 0.4) is 0 Å². The maximum Gasteiger partial charge on any atom is 0.243 e. The molecule has 1 saturated heterocycles. The van der Waals surface area contributed by atoms with Crippen molar-refractivity contribution in [2.24, 2.45) is 4.99 Å². The molecule has 1 aromatic rings. The van der Waals surface area contributed by atoms with E-state index in [1.165, 1.54) is 5.56 Å². The number of aliphatic imine (C=N–C) groups is 1. The van der Waals surface area contributed by atoms with E-state index in [0.717, 1.165) is 43.6 Å². The van der Waals surface area contributed by atoms with E-state index in [9.17, 15) is 4.79 Å². The molecular formula is C19H30BrIN4O2. The number of carbonyl (C=O) groups excluding carboxylic acids is 1. The van der Waals surface area contributed by atoms with Gasteiger partial charge in [0.2, 0.25) is 5.91 Å². The second kappa shape index (κ2) is 11.9. The van der Waals surface area contributed by atoms with E-state index in [-0.39, 0.29) is 41.8 Å². The molecule has 0 atom stereocenters. The fraction of sp³-hybridized carbons (Fsp3) is 0.579. The van der Waals surface area contributed by atoms with Gasteiger partial charge < -0.3 is 20.3 Å². The minimum absolute atomic E-state index is 0. The zero-order chi connectivity index (χ0) is 19.0. The highest BCUT2D eigenvalue weighted by atomic mass is 127. The van der Waals surface area contributed by atoms with Crippen molar-refractivity contribution in [2.45, 2.75) is 25.2 Å². The molecule has 0 bridgehead atoms. The second-order valence-electron chi connectivity index (χ2n) is 6.74. The molecule has 27 heavy (non-hydrogen) atoms. The third-order valence-corrected chi connectivity index (χ3v) is 5.24. The molecule has 0 unspecified atom stereocenters. The lowest BCUT2D eigenvalue weighted by atomic mass is 9.74. The van der Waals surface area contributed by atoms with Crippen LogP contribution >= 0.6 is 39.9 Å². The van der Waals surface area contributed by atoms with Crippen LogP contribution in [-0.2, 0) is 14.9 Å². The van der Waals surface area contributed by atoms with Crippen LogP contribution in [0.1, 0.15) is 25.3 Å². The van der Waals surface area contributed by atoms with Crippen molar-refractivity contribution in [3.63, 3.8) is 0 Å². The van der Waals surface area contributed by atoms with Gasteiger partial charge in [-0.1, -0.05) is 28.1 Å². The Kier molecular flexibility index (Phi) is 10.6. The molecule has 1 heterocycles. The maximum absolute atomic E-state index is 11.8. The van der Waals surface area contributed by atoms with Gasteiger partial charge in [-0.25, -0.2) is 4.99 Å². The Labute approximate surface area is 187 Å². The molecule has 0 saturated carbocycles. The summed E-state index contributed by atoms with van der Waals surface area (Å²) in [5.74, 6) is 0.654. The third kappa shape index (κ3) is 7.23. The number of guanidine groups is 1. The number of carbonyl (C=O) groups is 1. The zero-order valence-electron chi connectivity index (χ0n) is 16.3. The Bertz CT molecular complexity index is 617. The minimum atomic E-state index is -0.0177. The van der Waals surface area contributed by atoms with Crippen LogP contribution < -0.4 is 10.6 Å². The highest BCUT2D eigenvalue weighted by Gasteiger charge is 2.34. The Morgan fingerprint density at radius 2 is 1.85 bits per heavy atom. The van der Waals surface area contributed by atoms with Crippen LogP contribution in [0.4, 0.5) is 0 Å². The van der Waals surface area contributed by atoms with E-state index in [1.54, 1.807) is 19.0 Å². The van der Waals surface area contributed by atoms with Crippen LogP contribution in [0.5, 0.6) is 0 Å². The van der Waals surface area contributed by atoms with E-state index in [2.05, 4.69) is 55.8 Å². The van der Waals surface area contributed by atoms with Crippen molar-refractivity contribution in [1.82, 2.24) is 15.5 Å². The number of hydrogen-bond acceptors (Lipinski definition) is 3. The van der Waals surface area contributed by atoms with Crippen molar-refractivity contribution in [1.29, 1.82) is 0 Å². The summed E-state index contributed by atoms with van der Waals surface area (Å²) in [6.45, 7) is 5.16. The Morgan fingerprint density at radius 3 is 2.41 bits per heavy atom. The molecule has 2 rings (SSSR count). The van der Waals surface area contributed by atoms with Gasteiger partial charge in [0.25, 0.3) is 0 Å². The molecule has 1 fully saturated rings. The molecule has 0 radical (unpaired) electrons. The van der Waals surface area contributed by atoms with Crippen molar-refractivity contribution < 1.29 is 9.53 Å². The normalized spacial score (nSPS) is 16.2. The van der Waals surface area contributed by atoms with Gasteiger partial charge in [-0.3, -0.25) is 4.79 Å². The molecule has 0 spiro atoms. The number of likely N-dealkylation sites (N-methyl/N-ethyl adjacent to an activating group) is 1. The number of ether oxygens (including phenoxy) is 1. The Hall–Kier alpha value is -0.870. The molecule has 6 nitrogen and oxygen atoms in total. The summed E-state index contributed by atoms with van der Waals surface area (Å²) >= 11 is 3.51. The van der Waals surface area contributed by atoms with E-state index >= 15 is 0 Å². The van der Waals surface area contributed by atoms with Crippen molar-refractivity contribution in [2.75, 3.05) is 46.9 Å². The number of nitrogens with zero attached hydrogens (tertiary/aromatic N) is 2. The number of benzene rings is 1. The van der Waals surface area contributed by atoms with Gasteiger partial charge in [0.1, 0.15) is 6.54 Å². The summed E-state index contributed by atoms with van der Waals surface area (Å²) in [5, 5.41) is 6.66. The van der Waals surface area contributed by atoms with Crippen LogP contribution in [0.2, 0.25) is 0 Å². The molecule has 0 aromatic heterocycles. The molecule has 152 valence electrons. The standard InChI is InChI=1S/C19H29BrN4O2.HI/c1-4-21-18(22-13-17(25)24(2)3)23-14-19(9-11-26-12-10-19)15-5-7-16(20)8-6-15;/h5-8H,4,9-14H2,1-3H3,(H2,21,22,23);1H. The van der Waals surface area contributed by atoms with E-state index < -0.39 is 0 Å². The fourth-order valence-electron chi connectivity index (χ4n) is 3.02. The highest BCUT2D eigenvalue weighted by Crippen LogP contribution is 2.34. The predicted molar refractivity (Wildman–Crippen MR) is 124 cm³/mol. The first-order valence-corrected chi connectivity index (χ1v) is 9.82. The van der Waals surface area contributed by atoms with Gasteiger partial charge in [0, 0.05) is 50.3 Å². The molecule has 1 amide bonds. The third-order valence-electron chi connectivity index (χ3n) is 4.72. The lowest BCUT2D eigenvalue weighted by Crippen LogP contribution is -2.48. The lowest BCUT2D eigenvalue weighted by Gasteiger charge is -2.38. The molecule has 2 N–H and O–H groups in total. The Morgan fingerprint density at radius 1 is 1.22 bits per heavy atom. The highest BCUT2D eigenvalue weighted by molar-refractivity contribution is 14.0. The summed E-state index contributed by atoms with van der Waals surface area (Å²) < 4.78 is 6.67. The summed E-state index contributed by atoms with van der Waals surface area (Å²) in [6, 6.07) is 8.52. The number of amides is 1. The number of hydrogen-bond donors (Lipinski definition) is 2. The van der Waals surface area contributed by atoms with Crippen LogP contribution in [0.25, 0.3) is 0 Å². The smallest absolute Gasteiger partial charge is 0.243 e. The number of halogens is 2. The van der Waals surface area contributed by atoms with Gasteiger partial charge in [0.05, 0.1) is 0 Å². The SMILES string of the molecule is CCNC(=NCC(=O)N(C)C)NCC1(c2ccc(Br)cc2)CCOCC1.I.